The lowest BCUT2D eigenvalue weighted by atomic mass is 10.1. The van der Waals surface area contributed by atoms with Crippen LogP contribution < -0.4 is 5.56 Å². The van der Waals surface area contributed by atoms with Gasteiger partial charge in [-0.3, -0.25) is 18.9 Å². The molecule has 0 spiro atoms. The number of hydrogen-bond donors (Lipinski definition) is 5. The van der Waals surface area contributed by atoms with E-state index in [-0.39, 0.29) is 0 Å². The number of ether oxygens (including phenoxy) is 1. The van der Waals surface area contributed by atoms with E-state index in [1.165, 1.54) is 0 Å². The smallest absolute Gasteiger partial charge is 0.385 e. The lowest BCUT2D eigenvalue weighted by molar-refractivity contribution is -0.204. The van der Waals surface area contributed by atoms with Gasteiger partial charge in [-0.1, -0.05) is 0 Å². The zero-order valence-electron chi connectivity index (χ0n) is 12.8. The SMILES string of the molecule is [2H]C([2H])(OP(=O)(O)O)[C@@]1(F)O[C@@H](n2cc(F)c(=O)[nH]c2=S)[C@H](O)[C@@H]1O. The van der Waals surface area contributed by atoms with Crippen molar-refractivity contribution in [2.75, 3.05) is 6.56 Å². The summed E-state index contributed by atoms with van der Waals surface area (Å²) in [5.74, 6) is -5.38. The molecule has 2 rings (SSSR count). The first-order valence-corrected chi connectivity index (χ1v) is 7.63. The third-order valence-electron chi connectivity index (χ3n) is 2.79. The molecule has 0 saturated carbocycles. The van der Waals surface area contributed by atoms with Crippen LogP contribution in [0.4, 0.5) is 8.78 Å². The Morgan fingerprint density at radius 3 is 2.78 bits per heavy atom. The van der Waals surface area contributed by atoms with Crippen LogP contribution in [0, 0.1) is 10.6 Å². The van der Waals surface area contributed by atoms with E-state index in [0.29, 0.717) is 10.8 Å². The Bertz CT molecular complexity index is 846. The molecule has 23 heavy (non-hydrogen) atoms. The van der Waals surface area contributed by atoms with Crippen LogP contribution in [-0.2, 0) is 13.8 Å². The van der Waals surface area contributed by atoms with Gasteiger partial charge in [-0.05, 0) is 12.2 Å². The maximum Gasteiger partial charge on any atom is 0.469 e. The number of nitrogens with one attached hydrogen (secondary N) is 1. The number of phosphoric acid groups is 1. The second kappa shape index (κ2) is 6.11. The molecule has 1 aliphatic heterocycles. The minimum atomic E-state index is -5.57. The van der Waals surface area contributed by atoms with Crippen molar-refractivity contribution in [1.82, 2.24) is 9.55 Å². The van der Waals surface area contributed by atoms with Crippen molar-refractivity contribution < 1.29 is 45.3 Å². The molecule has 0 aromatic carbocycles. The molecule has 1 fully saturated rings. The van der Waals surface area contributed by atoms with Gasteiger partial charge < -0.3 is 24.7 Å². The molecule has 0 amide bonds. The lowest BCUT2D eigenvalue weighted by Crippen LogP contribution is -2.42. The summed E-state index contributed by atoms with van der Waals surface area (Å²) in [5, 5.41) is 19.6. The van der Waals surface area contributed by atoms with E-state index in [2.05, 4.69) is 21.5 Å². The molecule has 0 unspecified atom stereocenters. The van der Waals surface area contributed by atoms with Gasteiger partial charge in [0.15, 0.2) is 11.0 Å². The fraction of sp³-hybridized carbons (Fsp3) is 0.556. The zero-order valence-corrected chi connectivity index (χ0v) is 12.5. The quantitative estimate of drug-likeness (QED) is 0.330. The number of halogens is 2. The number of aromatic nitrogens is 2. The number of aromatic amines is 1. The molecule has 10 nitrogen and oxygen atoms in total. The molecule has 1 saturated heterocycles. The number of alkyl halides is 1. The van der Waals surface area contributed by atoms with Gasteiger partial charge in [0.1, 0.15) is 18.8 Å². The molecular formula is C9H11F2N2O8PS. The Kier molecular flexibility index (Phi) is 4.11. The van der Waals surface area contributed by atoms with Gasteiger partial charge in [-0.25, -0.2) is 8.96 Å². The first kappa shape index (κ1) is 15.5. The van der Waals surface area contributed by atoms with Crippen LogP contribution >= 0.6 is 20.0 Å². The predicted molar refractivity (Wildman–Crippen MR) is 69.8 cm³/mol. The average molecular weight is 378 g/mol. The van der Waals surface area contributed by atoms with Gasteiger partial charge >= 0.3 is 7.82 Å². The van der Waals surface area contributed by atoms with E-state index in [0.717, 1.165) is 0 Å². The van der Waals surface area contributed by atoms with Crippen LogP contribution in [0.5, 0.6) is 0 Å². The van der Waals surface area contributed by atoms with E-state index < -0.39 is 54.8 Å². The van der Waals surface area contributed by atoms with E-state index in [1.807, 2.05) is 4.98 Å². The largest absolute Gasteiger partial charge is 0.469 e. The number of rotatable bonds is 4. The normalized spacial score (nSPS) is 33.4. The second-order valence-electron chi connectivity index (χ2n) is 4.42. The van der Waals surface area contributed by atoms with Gasteiger partial charge in [0.25, 0.3) is 11.4 Å². The average Bonchev–Trinajstić information content (AvgIpc) is 2.66. The van der Waals surface area contributed by atoms with E-state index >= 15 is 0 Å². The highest BCUT2D eigenvalue weighted by Gasteiger charge is 2.57. The lowest BCUT2D eigenvalue weighted by Gasteiger charge is -2.22. The van der Waals surface area contributed by atoms with Crippen molar-refractivity contribution in [2.45, 2.75) is 24.3 Å². The highest BCUT2D eigenvalue weighted by atomic mass is 32.1. The molecule has 2 heterocycles. The molecule has 4 atom stereocenters. The van der Waals surface area contributed by atoms with Gasteiger partial charge in [-0.15, -0.1) is 0 Å². The van der Waals surface area contributed by atoms with Crippen molar-refractivity contribution in [3.8, 4) is 0 Å². The third-order valence-corrected chi connectivity index (χ3v) is 3.43. The maximum atomic E-state index is 14.8. The molecule has 14 heteroatoms. The standard InChI is InChI=1S/C9H11F2N2O8PS/c10-3-1-13(8(23)12-6(3)16)7-4(14)5(15)9(11,21-7)2-20-22(17,18)19/h1,4-5,7,14-15H,2H2,(H,12,16,23)(H2,17,18,19)/t4-,5+,7-,9-/m1/s1/i2D2. The van der Waals surface area contributed by atoms with Gasteiger partial charge in [0.2, 0.25) is 5.82 Å². The highest BCUT2D eigenvalue weighted by Crippen LogP contribution is 2.43. The van der Waals surface area contributed by atoms with Crippen LogP contribution in [0.25, 0.3) is 0 Å². The minimum absolute atomic E-state index is 0.410. The van der Waals surface area contributed by atoms with Crippen molar-refractivity contribution in [3.05, 3.63) is 27.1 Å². The van der Waals surface area contributed by atoms with Gasteiger partial charge in [0, 0.05) is 0 Å². The van der Waals surface area contributed by atoms with Gasteiger partial charge in [0.05, 0.1) is 8.94 Å². The molecule has 1 aliphatic rings. The first-order valence-electron chi connectivity index (χ1n) is 6.70. The summed E-state index contributed by atoms with van der Waals surface area (Å²) >= 11 is 4.68. The molecule has 0 radical (unpaired) electrons. The molecule has 130 valence electrons. The van der Waals surface area contributed by atoms with Crippen LogP contribution in [0.3, 0.4) is 0 Å². The second-order valence-corrected chi connectivity index (χ2v) is 5.97. The van der Waals surface area contributed by atoms with Crippen LogP contribution in [0.2, 0.25) is 0 Å². The highest BCUT2D eigenvalue weighted by molar-refractivity contribution is 7.71. The number of hydrogen-bond acceptors (Lipinski definition) is 7. The predicted octanol–water partition coefficient (Wildman–Crippen LogP) is -0.929. The summed E-state index contributed by atoms with van der Waals surface area (Å²) in [5.41, 5.74) is -1.24. The molecule has 0 bridgehead atoms. The fourth-order valence-corrected chi connectivity index (χ4v) is 2.26. The minimum Gasteiger partial charge on any atom is -0.385 e. The van der Waals surface area contributed by atoms with Crippen LogP contribution in [0.1, 0.15) is 8.97 Å². The number of aliphatic hydroxyl groups is 2. The topological polar surface area (TPSA) is 154 Å². The van der Waals surface area contributed by atoms with Crippen LogP contribution in [-0.4, -0.2) is 54.2 Å². The van der Waals surface area contributed by atoms with E-state index in [1.54, 1.807) is 0 Å². The number of H-pyrrole nitrogens is 1. The summed E-state index contributed by atoms with van der Waals surface area (Å²) in [4.78, 5) is 30.2. The molecule has 1 aromatic heterocycles. The van der Waals surface area contributed by atoms with E-state index in [4.69, 9.17) is 12.5 Å². The summed E-state index contributed by atoms with van der Waals surface area (Å²) in [6, 6.07) is 0. The fourth-order valence-electron chi connectivity index (χ4n) is 1.77. The summed E-state index contributed by atoms with van der Waals surface area (Å²) < 4.78 is 61.7. The number of phosphoric ester groups is 1. The van der Waals surface area contributed by atoms with Crippen molar-refractivity contribution >= 4 is 20.0 Å². The van der Waals surface area contributed by atoms with Crippen molar-refractivity contribution in [2.24, 2.45) is 0 Å². The zero-order chi connectivity index (χ0) is 19.4. The summed E-state index contributed by atoms with van der Waals surface area (Å²) in [7, 11) is -5.57. The molecular weight excluding hydrogens is 365 g/mol. The summed E-state index contributed by atoms with van der Waals surface area (Å²) in [6.45, 7) is -3.93. The summed E-state index contributed by atoms with van der Waals surface area (Å²) in [6.07, 6.45) is -6.62. The maximum absolute atomic E-state index is 14.8. The van der Waals surface area contributed by atoms with Crippen LogP contribution in [0.15, 0.2) is 11.0 Å². The Hall–Kier alpha value is -1.05. The monoisotopic (exact) mass is 378 g/mol. The Balaban J connectivity index is 2.48. The van der Waals surface area contributed by atoms with E-state index in [9.17, 15) is 28.4 Å². The Morgan fingerprint density at radius 2 is 2.22 bits per heavy atom. The first-order chi connectivity index (χ1) is 11.2. The molecule has 5 N–H and O–H groups in total. The Labute approximate surface area is 134 Å². The molecule has 1 aromatic rings. The van der Waals surface area contributed by atoms with Gasteiger partial charge in [-0.2, -0.15) is 4.39 Å². The third kappa shape index (κ3) is 3.72. The number of aliphatic hydroxyl groups excluding tert-OH is 2. The Morgan fingerprint density at radius 1 is 1.61 bits per heavy atom. The van der Waals surface area contributed by atoms with Crippen molar-refractivity contribution in [3.63, 3.8) is 0 Å². The number of nitrogens with zero attached hydrogens (tertiary/aromatic N) is 1. The molecule has 0 aliphatic carbocycles. The van der Waals surface area contributed by atoms with Crippen molar-refractivity contribution in [1.29, 1.82) is 0 Å².